The van der Waals surface area contributed by atoms with Crippen molar-refractivity contribution in [2.24, 2.45) is 0 Å². The van der Waals surface area contributed by atoms with Crippen LogP contribution in [0.25, 0.3) is 0 Å². The van der Waals surface area contributed by atoms with Gasteiger partial charge in [0.05, 0.1) is 0 Å². The Hall–Kier alpha value is -1.05. The summed E-state index contributed by atoms with van der Waals surface area (Å²) in [5.74, 6) is 0.0444. The predicted molar refractivity (Wildman–Crippen MR) is 58.0 cm³/mol. The van der Waals surface area contributed by atoms with Gasteiger partial charge in [-0.1, -0.05) is 18.2 Å². The molecule has 0 amide bonds. The Morgan fingerprint density at radius 1 is 0.800 bits per heavy atom. The van der Waals surface area contributed by atoms with Gasteiger partial charge < -0.3 is 4.52 Å². The third-order valence-electron chi connectivity index (χ3n) is 1.59. The fourth-order valence-corrected chi connectivity index (χ4v) is 1.89. The van der Waals surface area contributed by atoms with Crippen LogP contribution in [0, 0.1) is 0 Å². The summed E-state index contributed by atoms with van der Waals surface area (Å²) in [5.41, 5.74) is 0. The van der Waals surface area contributed by atoms with Crippen LogP contribution >= 0.6 is 8.60 Å². The maximum atomic E-state index is 12.0. The fraction of sp³-hybridized carbons (Fsp3) is 0.400. The van der Waals surface area contributed by atoms with Crippen molar-refractivity contribution in [2.75, 3.05) is 13.2 Å². The van der Waals surface area contributed by atoms with Crippen molar-refractivity contribution < 1.29 is 39.9 Å². The average Bonchev–Trinajstić information content (AvgIpc) is 2.32. The van der Waals surface area contributed by atoms with Gasteiger partial charge in [0, 0.05) is 0 Å². The van der Waals surface area contributed by atoms with Crippen LogP contribution in [0.15, 0.2) is 30.3 Å². The summed E-state index contributed by atoms with van der Waals surface area (Å²) in [6.07, 6.45) is -9.38. The monoisotopic (exact) mass is 322 g/mol. The molecule has 1 rings (SSSR count). The van der Waals surface area contributed by atoms with E-state index >= 15 is 0 Å². The van der Waals surface area contributed by atoms with E-state index < -0.39 is 34.2 Å². The minimum absolute atomic E-state index is 0.0444. The molecule has 0 N–H and O–H groups in total. The molecule has 0 aliphatic heterocycles. The molecule has 3 nitrogen and oxygen atoms in total. The molecule has 0 atom stereocenters. The third kappa shape index (κ3) is 8.19. The lowest BCUT2D eigenvalue weighted by atomic mass is 10.3. The van der Waals surface area contributed by atoms with E-state index in [0.717, 1.165) is 0 Å². The van der Waals surface area contributed by atoms with E-state index in [-0.39, 0.29) is 5.75 Å². The molecule has 0 heterocycles. The topological polar surface area (TPSA) is 27.7 Å². The van der Waals surface area contributed by atoms with Gasteiger partial charge in [-0.25, -0.2) is 0 Å². The Morgan fingerprint density at radius 2 is 1.25 bits per heavy atom. The predicted octanol–water partition coefficient (Wildman–Crippen LogP) is 4.45. The number of rotatable bonds is 6. The number of benzene rings is 1. The van der Waals surface area contributed by atoms with E-state index in [0.29, 0.717) is 0 Å². The maximum Gasteiger partial charge on any atom is 0.412 e. The summed E-state index contributed by atoms with van der Waals surface area (Å²) in [5, 5.41) is 0. The van der Waals surface area contributed by atoms with Gasteiger partial charge in [0.1, 0.15) is 5.75 Å². The van der Waals surface area contributed by atoms with E-state index in [1.807, 2.05) is 0 Å². The normalized spacial score (nSPS) is 12.8. The number of halogens is 6. The van der Waals surface area contributed by atoms with Crippen molar-refractivity contribution in [3.05, 3.63) is 30.3 Å². The Balaban J connectivity index is 2.59. The summed E-state index contributed by atoms with van der Waals surface area (Å²) >= 11 is 0. The quantitative estimate of drug-likeness (QED) is 0.572. The fourth-order valence-electron chi connectivity index (χ4n) is 0.909. The highest BCUT2D eigenvalue weighted by molar-refractivity contribution is 7.42. The first-order valence-corrected chi connectivity index (χ1v) is 6.18. The van der Waals surface area contributed by atoms with Crippen LogP contribution in [0.2, 0.25) is 0 Å². The standard InChI is InChI=1S/C10H9F6O3P/c11-9(12,13)6-17-20(18-7-10(14,15)16)19-8-4-2-1-3-5-8/h1-5H,6-7H2. The summed E-state index contributed by atoms with van der Waals surface area (Å²) in [4.78, 5) is 0. The highest BCUT2D eigenvalue weighted by Crippen LogP contribution is 2.43. The molecule has 0 fully saturated rings. The summed E-state index contributed by atoms with van der Waals surface area (Å²) in [6.45, 7) is -3.52. The molecule has 10 heteroatoms. The summed E-state index contributed by atoms with van der Waals surface area (Å²) in [7, 11) is -2.81. The number of para-hydroxylation sites is 1. The zero-order chi connectivity index (χ0) is 15.2. The van der Waals surface area contributed by atoms with Crippen molar-refractivity contribution in [1.29, 1.82) is 0 Å². The lowest BCUT2D eigenvalue weighted by Crippen LogP contribution is -2.19. The molecule has 1 aromatic rings. The van der Waals surface area contributed by atoms with Gasteiger partial charge in [-0.2, -0.15) is 26.3 Å². The molecule has 0 aliphatic carbocycles. The SMILES string of the molecule is FC(F)(F)COP(OCC(F)(F)F)Oc1ccccc1. The van der Waals surface area contributed by atoms with E-state index in [4.69, 9.17) is 4.52 Å². The molecular weight excluding hydrogens is 313 g/mol. The van der Waals surface area contributed by atoms with Crippen LogP contribution < -0.4 is 4.52 Å². The van der Waals surface area contributed by atoms with Gasteiger partial charge in [-0.15, -0.1) is 0 Å². The van der Waals surface area contributed by atoms with E-state index in [1.54, 1.807) is 6.07 Å². The minimum Gasteiger partial charge on any atom is -0.427 e. The van der Waals surface area contributed by atoms with Crippen LogP contribution in [-0.2, 0) is 9.05 Å². The molecule has 114 valence electrons. The smallest absolute Gasteiger partial charge is 0.412 e. The van der Waals surface area contributed by atoms with Crippen LogP contribution in [0.3, 0.4) is 0 Å². The van der Waals surface area contributed by atoms with Crippen LogP contribution in [0.1, 0.15) is 0 Å². The van der Waals surface area contributed by atoms with Gasteiger partial charge in [0.2, 0.25) is 0 Å². The summed E-state index contributed by atoms with van der Waals surface area (Å²) in [6, 6.07) is 7.29. The first-order valence-electron chi connectivity index (χ1n) is 5.08. The molecule has 20 heavy (non-hydrogen) atoms. The second-order valence-electron chi connectivity index (χ2n) is 3.41. The Bertz CT molecular complexity index is 376. The highest BCUT2D eigenvalue weighted by Gasteiger charge is 2.34. The van der Waals surface area contributed by atoms with Gasteiger partial charge in [0.15, 0.2) is 13.2 Å². The van der Waals surface area contributed by atoms with Crippen molar-refractivity contribution in [2.45, 2.75) is 12.4 Å². The summed E-state index contributed by atoms with van der Waals surface area (Å²) < 4.78 is 85.1. The number of hydrogen-bond acceptors (Lipinski definition) is 3. The van der Waals surface area contributed by atoms with Crippen LogP contribution in [0.4, 0.5) is 26.3 Å². The molecule has 0 unspecified atom stereocenters. The van der Waals surface area contributed by atoms with E-state index in [9.17, 15) is 26.3 Å². The first kappa shape index (κ1) is 17.0. The molecule has 0 saturated heterocycles. The lowest BCUT2D eigenvalue weighted by molar-refractivity contribution is -0.165. The maximum absolute atomic E-state index is 12.0. The molecule has 0 aliphatic rings. The first-order chi connectivity index (χ1) is 9.16. The molecule has 0 aromatic heterocycles. The van der Waals surface area contributed by atoms with E-state index in [2.05, 4.69) is 9.05 Å². The Kier molecular flexibility index (Phi) is 6.04. The zero-order valence-corrected chi connectivity index (χ0v) is 10.6. The molecule has 0 radical (unpaired) electrons. The largest absolute Gasteiger partial charge is 0.427 e. The second-order valence-corrected chi connectivity index (χ2v) is 4.55. The van der Waals surface area contributed by atoms with Gasteiger partial charge in [-0.3, -0.25) is 9.05 Å². The highest BCUT2D eigenvalue weighted by atomic mass is 31.2. The zero-order valence-electron chi connectivity index (χ0n) is 9.74. The number of hydrogen-bond donors (Lipinski definition) is 0. The van der Waals surface area contributed by atoms with Crippen molar-refractivity contribution >= 4 is 8.60 Å². The van der Waals surface area contributed by atoms with Gasteiger partial charge in [0.25, 0.3) is 0 Å². The Labute approximate surface area is 111 Å². The Morgan fingerprint density at radius 3 is 1.65 bits per heavy atom. The third-order valence-corrected chi connectivity index (χ3v) is 2.63. The van der Waals surface area contributed by atoms with Crippen LogP contribution in [0.5, 0.6) is 5.75 Å². The lowest BCUT2D eigenvalue weighted by Gasteiger charge is -2.18. The van der Waals surface area contributed by atoms with Gasteiger partial charge >= 0.3 is 21.0 Å². The van der Waals surface area contributed by atoms with E-state index in [1.165, 1.54) is 24.3 Å². The van der Waals surface area contributed by atoms with Crippen molar-refractivity contribution in [1.82, 2.24) is 0 Å². The average molecular weight is 322 g/mol. The molecule has 0 bridgehead atoms. The molecule has 1 aromatic carbocycles. The second kappa shape index (κ2) is 7.10. The number of alkyl halides is 6. The molecule has 0 saturated carbocycles. The van der Waals surface area contributed by atoms with Gasteiger partial charge in [-0.05, 0) is 12.1 Å². The molecule has 0 spiro atoms. The van der Waals surface area contributed by atoms with Crippen molar-refractivity contribution in [3.8, 4) is 5.75 Å². The minimum atomic E-state index is -4.69. The van der Waals surface area contributed by atoms with Crippen molar-refractivity contribution in [3.63, 3.8) is 0 Å². The molecular formula is C10H9F6O3P. The van der Waals surface area contributed by atoms with Crippen LogP contribution in [-0.4, -0.2) is 25.6 Å².